The van der Waals surface area contributed by atoms with Crippen LogP contribution in [0.25, 0.3) is 0 Å². The second kappa shape index (κ2) is 3.11. The fourth-order valence-corrected chi connectivity index (χ4v) is 3.02. The van der Waals surface area contributed by atoms with Crippen molar-refractivity contribution >= 4 is 9.84 Å². The van der Waals surface area contributed by atoms with Gasteiger partial charge < -0.3 is 5.73 Å². The Morgan fingerprint density at radius 2 is 1.82 bits per heavy atom. The minimum Gasteiger partial charge on any atom is -0.327 e. The molecule has 0 heterocycles. The molecular formula is C7H15NO2S. The van der Waals surface area contributed by atoms with Crippen LogP contribution in [0.5, 0.6) is 0 Å². The van der Waals surface area contributed by atoms with E-state index in [1.165, 1.54) is 6.26 Å². The summed E-state index contributed by atoms with van der Waals surface area (Å²) < 4.78 is 22.2. The van der Waals surface area contributed by atoms with Crippen LogP contribution < -0.4 is 5.73 Å². The molecule has 0 saturated heterocycles. The average molecular weight is 177 g/mol. The van der Waals surface area contributed by atoms with Gasteiger partial charge in [-0.05, 0) is 12.8 Å². The molecule has 1 rings (SSSR count). The van der Waals surface area contributed by atoms with Gasteiger partial charge in [-0.1, -0.05) is 12.8 Å². The van der Waals surface area contributed by atoms with E-state index in [4.69, 9.17) is 5.73 Å². The Hall–Kier alpha value is -0.0900. The van der Waals surface area contributed by atoms with Crippen molar-refractivity contribution in [3.8, 4) is 0 Å². The van der Waals surface area contributed by atoms with E-state index in [9.17, 15) is 8.42 Å². The monoisotopic (exact) mass is 177 g/mol. The summed E-state index contributed by atoms with van der Waals surface area (Å²) in [6, 6.07) is -0.126. The second-order valence-electron chi connectivity index (χ2n) is 3.32. The topological polar surface area (TPSA) is 60.2 Å². The van der Waals surface area contributed by atoms with Gasteiger partial charge in [-0.3, -0.25) is 0 Å². The summed E-state index contributed by atoms with van der Waals surface area (Å²) in [5.41, 5.74) is 5.69. The molecule has 2 N–H and O–H groups in total. The van der Waals surface area contributed by atoms with Crippen molar-refractivity contribution in [3.05, 3.63) is 0 Å². The lowest BCUT2D eigenvalue weighted by Crippen LogP contribution is -2.42. The third kappa shape index (κ3) is 2.17. The molecule has 0 aromatic heterocycles. The minimum absolute atomic E-state index is 0.126. The summed E-state index contributed by atoms with van der Waals surface area (Å²) in [6.45, 7) is 0. The molecule has 1 fully saturated rings. The Bertz CT molecular complexity index is 223. The van der Waals surface area contributed by atoms with Crippen LogP contribution in [-0.4, -0.2) is 26.0 Å². The van der Waals surface area contributed by atoms with E-state index in [0.717, 1.165) is 25.7 Å². The Labute approximate surface area is 67.9 Å². The zero-order valence-corrected chi connectivity index (χ0v) is 7.60. The van der Waals surface area contributed by atoms with Gasteiger partial charge in [0.1, 0.15) is 0 Å². The number of rotatable bonds is 1. The summed E-state index contributed by atoms with van der Waals surface area (Å²) in [4.78, 5) is 0. The van der Waals surface area contributed by atoms with Gasteiger partial charge >= 0.3 is 0 Å². The molecule has 1 aliphatic carbocycles. The number of sulfone groups is 1. The maximum Gasteiger partial charge on any atom is 0.151 e. The zero-order chi connectivity index (χ0) is 8.48. The smallest absolute Gasteiger partial charge is 0.151 e. The van der Waals surface area contributed by atoms with E-state index >= 15 is 0 Å². The van der Waals surface area contributed by atoms with Crippen molar-refractivity contribution in [2.45, 2.75) is 37.0 Å². The molecule has 2 atom stereocenters. The molecule has 0 bridgehead atoms. The molecular weight excluding hydrogens is 162 g/mol. The summed E-state index contributed by atoms with van der Waals surface area (Å²) >= 11 is 0. The minimum atomic E-state index is -2.90. The highest BCUT2D eigenvalue weighted by atomic mass is 32.2. The highest BCUT2D eigenvalue weighted by molar-refractivity contribution is 7.91. The van der Waals surface area contributed by atoms with Gasteiger partial charge in [0.05, 0.1) is 5.25 Å². The number of nitrogens with two attached hydrogens (primary N) is 1. The first-order chi connectivity index (χ1) is 5.02. The molecule has 0 aromatic rings. The van der Waals surface area contributed by atoms with Crippen molar-refractivity contribution in [1.29, 1.82) is 0 Å². The summed E-state index contributed by atoms with van der Waals surface area (Å²) in [5.74, 6) is 0. The van der Waals surface area contributed by atoms with Crippen molar-refractivity contribution in [2.24, 2.45) is 5.73 Å². The average Bonchev–Trinajstić information content (AvgIpc) is 1.86. The van der Waals surface area contributed by atoms with Gasteiger partial charge in [0, 0.05) is 12.3 Å². The number of hydrogen-bond donors (Lipinski definition) is 1. The standard InChI is InChI=1S/C7H15NO2S/c1-11(9,10)7-5-3-2-4-6(7)8/h6-7H,2-5,8H2,1H3/t6-,7-/m1/s1. The van der Waals surface area contributed by atoms with Crippen molar-refractivity contribution < 1.29 is 8.42 Å². The predicted molar refractivity (Wildman–Crippen MR) is 45.1 cm³/mol. The lowest BCUT2D eigenvalue weighted by atomic mass is 9.96. The van der Waals surface area contributed by atoms with Crippen LogP contribution in [0, 0.1) is 0 Å². The van der Waals surface area contributed by atoms with Gasteiger partial charge in [-0.25, -0.2) is 8.42 Å². The fraction of sp³-hybridized carbons (Fsp3) is 1.00. The van der Waals surface area contributed by atoms with Gasteiger partial charge in [0.25, 0.3) is 0 Å². The van der Waals surface area contributed by atoms with Crippen LogP contribution in [0.2, 0.25) is 0 Å². The van der Waals surface area contributed by atoms with Crippen LogP contribution in [0.1, 0.15) is 25.7 Å². The van der Waals surface area contributed by atoms with Crippen LogP contribution >= 0.6 is 0 Å². The molecule has 0 spiro atoms. The van der Waals surface area contributed by atoms with Gasteiger partial charge in [-0.2, -0.15) is 0 Å². The first kappa shape index (κ1) is 9.00. The quantitative estimate of drug-likeness (QED) is 0.626. The Morgan fingerprint density at radius 1 is 1.27 bits per heavy atom. The molecule has 3 nitrogen and oxygen atoms in total. The van der Waals surface area contributed by atoms with Gasteiger partial charge in [0.2, 0.25) is 0 Å². The molecule has 0 unspecified atom stereocenters. The van der Waals surface area contributed by atoms with E-state index in [0.29, 0.717) is 0 Å². The molecule has 0 aromatic carbocycles. The SMILES string of the molecule is CS(=O)(=O)[C@@H]1CCCC[C@H]1N. The third-order valence-corrected chi connectivity index (χ3v) is 3.99. The largest absolute Gasteiger partial charge is 0.327 e. The van der Waals surface area contributed by atoms with Gasteiger partial charge in [0.15, 0.2) is 9.84 Å². The van der Waals surface area contributed by atoms with Crippen LogP contribution in [0.3, 0.4) is 0 Å². The Kier molecular flexibility index (Phi) is 2.54. The third-order valence-electron chi connectivity index (χ3n) is 2.30. The fourth-order valence-electron chi connectivity index (χ4n) is 1.66. The normalized spacial score (nSPS) is 33.6. The predicted octanol–water partition coefficient (Wildman–Crippen LogP) is 0.301. The zero-order valence-electron chi connectivity index (χ0n) is 6.79. The van der Waals surface area contributed by atoms with E-state index in [1.807, 2.05) is 0 Å². The molecule has 11 heavy (non-hydrogen) atoms. The summed E-state index contributed by atoms with van der Waals surface area (Å²) in [5, 5.41) is -0.281. The van der Waals surface area contributed by atoms with Crippen LogP contribution in [0.15, 0.2) is 0 Å². The Balaban J connectivity index is 2.70. The maximum atomic E-state index is 11.1. The van der Waals surface area contributed by atoms with Crippen LogP contribution in [-0.2, 0) is 9.84 Å². The summed E-state index contributed by atoms with van der Waals surface area (Å²) in [7, 11) is -2.90. The first-order valence-electron chi connectivity index (χ1n) is 3.96. The molecule has 1 saturated carbocycles. The lowest BCUT2D eigenvalue weighted by molar-refractivity contribution is 0.433. The summed E-state index contributed by atoms with van der Waals surface area (Å²) in [6.07, 6.45) is 4.97. The Morgan fingerprint density at radius 3 is 2.18 bits per heavy atom. The highest BCUT2D eigenvalue weighted by Crippen LogP contribution is 2.22. The molecule has 66 valence electrons. The van der Waals surface area contributed by atoms with E-state index in [1.54, 1.807) is 0 Å². The molecule has 1 aliphatic rings. The van der Waals surface area contributed by atoms with E-state index in [2.05, 4.69) is 0 Å². The van der Waals surface area contributed by atoms with E-state index < -0.39 is 9.84 Å². The van der Waals surface area contributed by atoms with E-state index in [-0.39, 0.29) is 11.3 Å². The van der Waals surface area contributed by atoms with Crippen molar-refractivity contribution in [2.75, 3.05) is 6.26 Å². The number of hydrogen-bond acceptors (Lipinski definition) is 3. The van der Waals surface area contributed by atoms with Crippen molar-refractivity contribution in [3.63, 3.8) is 0 Å². The molecule has 0 amide bonds. The highest BCUT2D eigenvalue weighted by Gasteiger charge is 2.29. The maximum absolute atomic E-state index is 11.1. The second-order valence-corrected chi connectivity index (χ2v) is 5.58. The first-order valence-corrected chi connectivity index (χ1v) is 5.92. The molecule has 4 heteroatoms. The van der Waals surface area contributed by atoms with Crippen LogP contribution in [0.4, 0.5) is 0 Å². The molecule has 0 aliphatic heterocycles. The van der Waals surface area contributed by atoms with Gasteiger partial charge in [-0.15, -0.1) is 0 Å². The lowest BCUT2D eigenvalue weighted by Gasteiger charge is -2.26. The van der Waals surface area contributed by atoms with Crippen molar-refractivity contribution in [1.82, 2.24) is 0 Å². The molecule has 0 radical (unpaired) electrons.